The van der Waals surface area contributed by atoms with E-state index in [9.17, 15) is 4.79 Å². The molecule has 0 radical (unpaired) electrons. The first kappa shape index (κ1) is 23.0. The van der Waals surface area contributed by atoms with E-state index in [4.69, 9.17) is 5.73 Å². The Kier molecular flexibility index (Phi) is 7.53. The predicted molar refractivity (Wildman–Crippen MR) is 143 cm³/mol. The maximum absolute atomic E-state index is 12.1. The SMILES string of the molecule is C=C(Nc1cc(-c2cccs2)ccc1N)c1ccc(/C=C/C(=O)NCCc2ccccn2)cc1. The van der Waals surface area contributed by atoms with E-state index >= 15 is 0 Å². The summed E-state index contributed by atoms with van der Waals surface area (Å²) >= 11 is 1.69. The van der Waals surface area contributed by atoms with Crippen molar-refractivity contribution in [3.63, 3.8) is 0 Å². The highest BCUT2D eigenvalue weighted by molar-refractivity contribution is 7.13. The summed E-state index contributed by atoms with van der Waals surface area (Å²) < 4.78 is 0. The van der Waals surface area contributed by atoms with Gasteiger partial charge in [-0.15, -0.1) is 11.3 Å². The molecule has 5 nitrogen and oxygen atoms in total. The number of hydrogen-bond donors (Lipinski definition) is 3. The third-order valence-electron chi connectivity index (χ3n) is 5.24. The summed E-state index contributed by atoms with van der Waals surface area (Å²) in [6.45, 7) is 4.71. The molecule has 6 heteroatoms. The number of carbonyl (C=O) groups excluding carboxylic acids is 1. The fourth-order valence-electron chi connectivity index (χ4n) is 3.38. The second kappa shape index (κ2) is 11.1. The van der Waals surface area contributed by atoms with E-state index in [0.717, 1.165) is 33.8 Å². The summed E-state index contributed by atoms with van der Waals surface area (Å²) in [7, 11) is 0. The van der Waals surface area contributed by atoms with Crippen LogP contribution in [0.3, 0.4) is 0 Å². The van der Waals surface area contributed by atoms with Crippen LogP contribution in [0, 0.1) is 0 Å². The molecule has 0 aliphatic carbocycles. The van der Waals surface area contributed by atoms with E-state index < -0.39 is 0 Å². The second-order valence-electron chi connectivity index (χ2n) is 7.70. The van der Waals surface area contributed by atoms with Crippen LogP contribution in [0.1, 0.15) is 16.8 Å². The highest BCUT2D eigenvalue weighted by Gasteiger charge is 2.07. The lowest BCUT2D eigenvalue weighted by Crippen LogP contribution is -2.23. The van der Waals surface area contributed by atoms with Crippen molar-refractivity contribution in [3.8, 4) is 10.4 Å². The second-order valence-corrected chi connectivity index (χ2v) is 8.65. The van der Waals surface area contributed by atoms with Crippen molar-refractivity contribution < 1.29 is 4.79 Å². The molecule has 1 amide bonds. The number of thiophene rings is 1. The van der Waals surface area contributed by atoms with Crippen LogP contribution < -0.4 is 16.4 Å². The average molecular weight is 467 g/mol. The number of benzene rings is 2. The quantitative estimate of drug-likeness (QED) is 0.214. The molecule has 2 aromatic carbocycles. The van der Waals surface area contributed by atoms with Crippen LogP contribution in [0.15, 0.2) is 97.0 Å². The Morgan fingerprint density at radius 3 is 2.65 bits per heavy atom. The lowest BCUT2D eigenvalue weighted by molar-refractivity contribution is -0.116. The zero-order valence-corrected chi connectivity index (χ0v) is 19.5. The number of nitrogens with one attached hydrogen (secondary N) is 2. The van der Waals surface area contributed by atoms with Crippen molar-refractivity contribution in [2.75, 3.05) is 17.6 Å². The Hall–Kier alpha value is -4.16. The number of aromatic nitrogens is 1. The Labute approximate surface area is 203 Å². The van der Waals surface area contributed by atoms with Gasteiger partial charge in [0.25, 0.3) is 0 Å². The summed E-state index contributed by atoms with van der Waals surface area (Å²) in [4.78, 5) is 17.5. The Morgan fingerprint density at radius 1 is 1.06 bits per heavy atom. The summed E-state index contributed by atoms with van der Waals surface area (Å²) in [6, 6.07) is 23.7. The van der Waals surface area contributed by atoms with Gasteiger partial charge >= 0.3 is 0 Å². The maximum Gasteiger partial charge on any atom is 0.244 e. The van der Waals surface area contributed by atoms with Crippen molar-refractivity contribution in [1.82, 2.24) is 10.3 Å². The van der Waals surface area contributed by atoms with Crippen LogP contribution in [-0.4, -0.2) is 17.4 Å². The van der Waals surface area contributed by atoms with Gasteiger partial charge in [-0.3, -0.25) is 9.78 Å². The fourth-order valence-corrected chi connectivity index (χ4v) is 4.11. The predicted octanol–water partition coefficient (Wildman–Crippen LogP) is 5.85. The number of carbonyl (C=O) groups is 1. The van der Waals surface area contributed by atoms with Gasteiger partial charge in [-0.2, -0.15) is 0 Å². The van der Waals surface area contributed by atoms with E-state index in [1.54, 1.807) is 23.6 Å². The number of rotatable bonds is 9. The molecule has 0 aliphatic rings. The third-order valence-corrected chi connectivity index (χ3v) is 6.16. The summed E-state index contributed by atoms with van der Waals surface area (Å²) in [6.07, 6.45) is 5.78. The molecule has 0 saturated heterocycles. The Morgan fingerprint density at radius 2 is 1.91 bits per heavy atom. The van der Waals surface area contributed by atoms with Gasteiger partial charge in [0, 0.05) is 41.5 Å². The summed E-state index contributed by atoms with van der Waals surface area (Å²) in [5.74, 6) is -0.132. The first-order chi connectivity index (χ1) is 16.6. The zero-order chi connectivity index (χ0) is 23.8. The lowest BCUT2D eigenvalue weighted by atomic mass is 10.1. The van der Waals surface area contributed by atoms with Crippen LogP contribution in [0.4, 0.5) is 11.4 Å². The molecule has 170 valence electrons. The molecule has 4 aromatic rings. The maximum atomic E-state index is 12.1. The summed E-state index contributed by atoms with van der Waals surface area (Å²) in [5, 5.41) is 8.27. The third kappa shape index (κ3) is 6.21. The fraction of sp³-hybridized carbons (Fsp3) is 0.0714. The van der Waals surface area contributed by atoms with Crippen LogP contribution in [-0.2, 0) is 11.2 Å². The van der Waals surface area contributed by atoms with Gasteiger partial charge in [0.05, 0.1) is 11.4 Å². The number of nitrogens with zero attached hydrogens (tertiary/aromatic N) is 1. The molecule has 0 aliphatic heterocycles. The van der Waals surface area contributed by atoms with Gasteiger partial charge in [-0.1, -0.05) is 49.0 Å². The smallest absolute Gasteiger partial charge is 0.244 e. The largest absolute Gasteiger partial charge is 0.397 e. The van der Waals surface area contributed by atoms with Crippen molar-refractivity contribution in [3.05, 3.63) is 114 Å². The number of nitrogen functional groups attached to an aromatic ring is 1. The minimum absolute atomic E-state index is 0.132. The molecule has 34 heavy (non-hydrogen) atoms. The first-order valence-electron chi connectivity index (χ1n) is 10.9. The molecule has 4 rings (SSSR count). The minimum atomic E-state index is -0.132. The van der Waals surface area contributed by atoms with Crippen molar-refractivity contribution in [2.45, 2.75) is 6.42 Å². The molecule has 0 spiro atoms. The molecule has 0 bridgehead atoms. The zero-order valence-electron chi connectivity index (χ0n) is 18.7. The van der Waals surface area contributed by atoms with Gasteiger partial charge in [0.2, 0.25) is 5.91 Å². The molecule has 2 aromatic heterocycles. The lowest BCUT2D eigenvalue weighted by Gasteiger charge is -2.13. The minimum Gasteiger partial charge on any atom is -0.397 e. The molecule has 0 atom stereocenters. The molecule has 0 fully saturated rings. The van der Waals surface area contributed by atoms with E-state index in [-0.39, 0.29) is 5.91 Å². The monoisotopic (exact) mass is 466 g/mol. The summed E-state index contributed by atoms with van der Waals surface area (Å²) in [5.41, 5.74) is 12.3. The number of pyridine rings is 1. The van der Waals surface area contributed by atoms with Gasteiger partial charge < -0.3 is 16.4 Å². The van der Waals surface area contributed by atoms with E-state index in [0.29, 0.717) is 18.7 Å². The van der Waals surface area contributed by atoms with Crippen LogP contribution in [0.25, 0.3) is 22.2 Å². The molecule has 2 heterocycles. The van der Waals surface area contributed by atoms with E-state index in [1.807, 2.05) is 66.7 Å². The van der Waals surface area contributed by atoms with E-state index in [2.05, 4.69) is 33.6 Å². The molecule has 4 N–H and O–H groups in total. The van der Waals surface area contributed by atoms with Gasteiger partial charge in [0.15, 0.2) is 0 Å². The Bertz CT molecular complexity index is 1280. The highest BCUT2D eigenvalue weighted by Crippen LogP contribution is 2.31. The molecular formula is C28H26N4OS. The van der Waals surface area contributed by atoms with Crippen molar-refractivity contribution in [1.29, 1.82) is 0 Å². The average Bonchev–Trinajstić information content (AvgIpc) is 3.40. The van der Waals surface area contributed by atoms with Gasteiger partial charge in [0.1, 0.15) is 0 Å². The van der Waals surface area contributed by atoms with Gasteiger partial charge in [-0.05, 0) is 58.5 Å². The number of hydrogen-bond acceptors (Lipinski definition) is 5. The Balaban J connectivity index is 1.32. The first-order valence-corrected chi connectivity index (χ1v) is 11.8. The number of amides is 1. The van der Waals surface area contributed by atoms with Crippen molar-refractivity contribution >= 4 is 40.4 Å². The number of nitrogens with two attached hydrogens (primary N) is 1. The highest BCUT2D eigenvalue weighted by atomic mass is 32.1. The number of anilines is 2. The van der Waals surface area contributed by atoms with Crippen LogP contribution in [0.2, 0.25) is 0 Å². The van der Waals surface area contributed by atoms with Crippen LogP contribution >= 0.6 is 11.3 Å². The van der Waals surface area contributed by atoms with Crippen LogP contribution in [0.5, 0.6) is 0 Å². The van der Waals surface area contributed by atoms with Gasteiger partial charge in [-0.25, -0.2) is 0 Å². The molecule has 0 unspecified atom stereocenters. The van der Waals surface area contributed by atoms with Crippen molar-refractivity contribution in [2.24, 2.45) is 0 Å². The molecular weight excluding hydrogens is 440 g/mol. The van der Waals surface area contributed by atoms with E-state index in [1.165, 1.54) is 11.0 Å². The normalized spacial score (nSPS) is 10.8. The topological polar surface area (TPSA) is 80.0 Å². The molecule has 0 saturated carbocycles. The standard InChI is InChI=1S/C28H26N4OS/c1-20(32-26-19-23(12-13-25(26)29)27-6-4-18-34-27)22-10-7-21(8-11-22)9-14-28(33)31-17-15-24-5-2-3-16-30-24/h2-14,16,18-19,32H,1,15,17,29H2,(H,31,33)/b14-9+.